The van der Waals surface area contributed by atoms with Gasteiger partial charge >= 0.3 is 0 Å². The van der Waals surface area contributed by atoms with Crippen molar-refractivity contribution in [3.05, 3.63) is 0 Å². The van der Waals surface area contributed by atoms with Crippen molar-refractivity contribution < 1.29 is 9.59 Å². The molecule has 0 aliphatic carbocycles. The van der Waals surface area contributed by atoms with Crippen LogP contribution in [0.5, 0.6) is 0 Å². The van der Waals surface area contributed by atoms with Gasteiger partial charge in [-0.2, -0.15) is 0 Å². The maximum absolute atomic E-state index is 11.4. The summed E-state index contributed by atoms with van der Waals surface area (Å²) < 4.78 is 0. The normalized spacial score (nSPS) is 25.5. The zero-order chi connectivity index (χ0) is 12.0. The molecule has 0 spiro atoms. The van der Waals surface area contributed by atoms with E-state index in [-0.39, 0.29) is 18.0 Å². The molecule has 1 heterocycles. The average molecular weight is 226 g/mol. The molecule has 0 aromatic carbocycles. The molecule has 4 nitrogen and oxygen atoms in total. The Kier molecular flexibility index (Phi) is 5.46. The SMILES string of the molecule is CCCCCC1NCCC(C(C)=O)N1C=O. The summed E-state index contributed by atoms with van der Waals surface area (Å²) in [4.78, 5) is 24.1. The van der Waals surface area contributed by atoms with Crippen LogP contribution in [0.25, 0.3) is 0 Å². The number of nitrogens with one attached hydrogen (secondary N) is 1. The number of carbonyl (C=O) groups excluding carboxylic acids is 2. The summed E-state index contributed by atoms with van der Waals surface area (Å²) in [6.07, 6.45) is 5.98. The van der Waals surface area contributed by atoms with Gasteiger partial charge in [-0.1, -0.05) is 26.2 Å². The summed E-state index contributed by atoms with van der Waals surface area (Å²) in [5.41, 5.74) is 0. The first-order chi connectivity index (χ1) is 7.70. The molecule has 2 atom stereocenters. The number of amides is 1. The average Bonchev–Trinajstić information content (AvgIpc) is 2.29. The molecule has 0 aromatic rings. The Morgan fingerprint density at radius 1 is 1.50 bits per heavy atom. The number of ketones is 1. The topological polar surface area (TPSA) is 49.4 Å². The van der Waals surface area contributed by atoms with Gasteiger partial charge in [0.05, 0.1) is 12.2 Å². The van der Waals surface area contributed by atoms with Crippen LogP contribution in [0.3, 0.4) is 0 Å². The van der Waals surface area contributed by atoms with Gasteiger partial charge in [0, 0.05) is 0 Å². The minimum absolute atomic E-state index is 0.0479. The molecule has 1 aliphatic rings. The maximum Gasteiger partial charge on any atom is 0.211 e. The summed E-state index contributed by atoms with van der Waals surface area (Å²) in [7, 11) is 0. The fourth-order valence-corrected chi connectivity index (χ4v) is 2.26. The van der Waals surface area contributed by atoms with Crippen molar-refractivity contribution in [2.75, 3.05) is 6.54 Å². The number of carbonyl (C=O) groups is 2. The van der Waals surface area contributed by atoms with Crippen molar-refractivity contribution in [3.8, 4) is 0 Å². The first-order valence-electron chi connectivity index (χ1n) is 6.17. The molecule has 0 aromatic heterocycles. The molecule has 4 heteroatoms. The van der Waals surface area contributed by atoms with Crippen molar-refractivity contribution in [3.63, 3.8) is 0 Å². The Bertz CT molecular complexity index is 243. The summed E-state index contributed by atoms with van der Waals surface area (Å²) in [6, 6.07) is -0.217. The van der Waals surface area contributed by atoms with Crippen LogP contribution in [-0.2, 0) is 9.59 Å². The van der Waals surface area contributed by atoms with E-state index in [1.165, 1.54) is 12.8 Å². The van der Waals surface area contributed by atoms with E-state index in [9.17, 15) is 9.59 Å². The number of hydrogen-bond acceptors (Lipinski definition) is 3. The molecule has 16 heavy (non-hydrogen) atoms. The predicted octanol–water partition coefficient (Wildman–Crippen LogP) is 1.30. The Labute approximate surface area is 97.4 Å². The highest BCUT2D eigenvalue weighted by Crippen LogP contribution is 2.16. The van der Waals surface area contributed by atoms with E-state index in [1.54, 1.807) is 11.8 Å². The van der Waals surface area contributed by atoms with Crippen LogP contribution < -0.4 is 5.32 Å². The predicted molar refractivity (Wildman–Crippen MR) is 62.9 cm³/mol. The van der Waals surface area contributed by atoms with E-state index in [0.29, 0.717) is 0 Å². The van der Waals surface area contributed by atoms with Crippen molar-refractivity contribution in [2.24, 2.45) is 0 Å². The minimum Gasteiger partial charge on any atom is -0.320 e. The molecule has 0 saturated carbocycles. The highest BCUT2D eigenvalue weighted by molar-refractivity contribution is 5.83. The molecule has 1 saturated heterocycles. The first kappa shape index (κ1) is 13.2. The molecule has 1 N–H and O–H groups in total. The van der Waals surface area contributed by atoms with Gasteiger partial charge in [0.25, 0.3) is 0 Å². The number of rotatable bonds is 6. The fraction of sp³-hybridized carbons (Fsp3) is 0.833. The third-order valence-electron chi connectivity index (χ3n) is 3.19. The number of unbranched alkanes of at least 4 members (excludes halogenated alkanes) is 2. The maximum atomic E-state index is 11.4. The van der Waals surface area contributed by atoms with Crippen LogP contribution in [-0.4, -0.2) is 35.8 Å². The second-order valence-electron chi connectivity index (χ2n) is 4.43. The van der Waals surface area contributed by atoms with E-state index >= 15 is 0 Å². The Balaban J connectivity index is 2.54. The van der Waals surface area contributed by atoms with Crippen molar-refractivity contribution in [1.82, 2.24) is 10.2 Å². The molecule has 1 rings (SSSR count). The van der Waals surface area contributed by atoms with E-state index in [1.807, 2.05) is 0 Å². The van der Waals surface area contributed by atoms with Gasteiger partial charge in [-0.3, -0.25) is 14.9 Å². The summed E-state index contributed by atoms with van der Waals surface area (Å²) in [5.74, 6) is 0.0918. The third kappa shape index (κ3) is 3.30. The van der Waals surface area contributed by atoms with Crippen molar-refractivity contribution >= 4 is 12.2 Å². The first-order valence-corrected chi connectivity index (χ1v) is 6.17. The van der Waals surface area contributed by atoms with Crippen LogP contribution in [0.2, 0.25) is 0 Å². The van der Waals surface area contributed by atoms with Crippen molar-refractivity contribution in [1.29, 1.82) is 0 Å². The lowest BCUT2D eigenvalue weighted by Crippen LogP contribution is -2.57. The highest BCUT2D eigenvalue weighted by Gasteiger charge is 2.31. The summed E-state index contributed by atoms with van der Waals surface area (Å²) in [5, 5.41) is 3.31. The Morgan fingerprint density at radius 3 is 2.81 bits per heavy atom. The molecule has 2 unspecified atom stereocenters. The van der Waals surface area contributed by atoms with Gasteiger partial charge in [0.2, 0.25) is 6.41 Å². The number of nitrogens with zero attached hydrogens (tertiary/aromatic N) is 1. The van der Waals surface area contributed by atoms with Gasteiger partial charge in [-0.15, -0.1) is 0 Å². The van der Waals surface area contributed by atoms with Gasteiger partial charge in [-0.25, -0.2) is 0 Å². The minimum atomic E-state index is -0.217. The fourth-order valence-electron chi connectivity index (χ4n) is 2.26. The van der Waals surface area contributed by atoms with Crippen LogP contribution in [0.4, 0.5) is 0 Å². The van der Waals surface area contributed by atoms with Crippen molar-refractivity contribution in [2.45, 2.75) is 58.2 Å². The number of Topliss-reactive ketones (excluding diaryl/α,β-unsaturated/α-hetero) is 1. The quantitative estimate of drug-likeness (QED) is 0.548. The van der Waals surface area contributed by atoms with Crippen LogP contribution in [0, 0.1) is 0 Å². The lowest BCUT2D eigenvalue weighted by atomic mass is 10.0. The molecule has 1 fully saturated rings. The third-order valence-corrected chi connectivity index (χ3v) is 3.19. The monoisotopic (exact) mass is 226 g/mol. The summed E-state index contributed by atoms with van der Waals surface area (Å²) >= 11 is 0. The molecular formula is C12H22N2O2. The molecular weight excluding hydrogens is 204 g/mol. The highest BCUT2D eigenvalue weighted by atomic mass is 16.1. The van der Waals surface area contributed by atoms with Gasteiger partial charge in [0.1, 0.15) is 0 Å². The van der Waals surface area contributed by atoms with E-state index in [2.05, 4.69) is 12.2 Å². The summed E-state index contributed by atoms with van der Waals surface area (Å²) in [6.45, 7) is 4.55. The standard InChI is InChI=1S/C12H22N2O2/c1-3-4-5-6-12-13-8-7-11(10(2)16)14(12)9-15/h9,11-13H,3-8H2,1-2H3. The van der Waals surface area contributed by atoms with Crippen LogP contribution in [0.15, 0.2) is 0 Å². The molecule has 1 aliphatic heterocycles. The van der Waals surface area contributed by atoms with E-state index in [4.69, 9.17) is 0 Å². The van der Waals surface area contributed by atoms with Crippen LogP contribution in [0.1, 0.15) is 46.0 Å². The smallest absolute Gasteiger partial charge is 0.211 e. The Morgan fingerprint density at radius 2 is 2.25 bits per heavy atom. The molecule has 0 radical (unpaired) electrons. The molecule has 1 amide bonds. The van der Waals surface area contributed by atoms with Crippen LogP contribution >= 0.6 is 0 Å². The Hall–Kier alpha value is -0.900. The lowest BCUT2D eigenvalue weighted by molar-refractivity contribution is -0.135. The van der Waals surface area contributed by atoms with E-state index < -0.39 is 0 Å². The van der Waals surface area contributed by atoms with Gasteiger partial charge in [0.15, 0.2) is 5.78 Å². The zero-order valence-electron chi connectivity index (χ0n) is 10.2. The van der Waals surface area contributed by atoms with E-state index in [0.717, 1.165) is 32.2 Å². The second-order valence-corrected chi connectivity index (χ2v) is 4.43. The van der Waals surface area contributed by atoms with Gasteiger partial charge < -0.3 is 4.90 Å². The number of hydrogen-bond donors (Lipinski definition) is 1. The largest absolute Gasteiger partial charge is 0.320 e. The molecule has 0 bridgehead atoms. The van der Waals surface area contributed by atoms with Gasteiger partial charge in [-0.05, 0) is 26.3 Å². The lowest BCUT2D eigenvalue weighted by Gasteiger charge is -2.39. The zero-order valence-corrected chi connectivity index (χ0v) is 10.2. The second kappa shape index (κ2) is 6.63. The molecule has 92 valence electrons.